The van der Waals surface area contributed by atoms with Crippen molar-refractivity contribution in [1.82, 2.24) is 10.3 Å². The maximum absolute atomic E-state index is 4.42. The first-order valence-corrected chi connectivity index (χ1v) is 5.50. The minimum absolute atomic E-state index is 0.318. The fraction of sp³-hybridized carbons (Fsp3) is 0.214. The molecule has 0 bridgehead atoms. The summed E-state index contributed by atoms with van der Waals surface area (Å²) in [5, 5.41) is 4.57. The van der Waals surface area contributed by atoms with Crippen molar-refractivity contribution in [2.45, 2.75) is 19.5 Å². The molecule has 0 radical (unpaired) electrons. The SMILES string of the molecule is C=CC(C)NCc1cccc2cccnc12. The second kappa shape index (κ2) is 4.90. The predicted octanol–water partition coefficient (Wildman–Crippen LogP) is 2.90. The number of hydrogen-bond acceptors (Lipinski definition) is 2. The molecule has 0 aliphatic heterocycles. The minimum atomic E-state index is 0.318. The number of fused-ring (bicyclic) bond motifs is 1. The van der Waals surface area contributed by atoms with E-state index in [1.54, 1.807) is 0 Å². The largest absolute Gasteiger partial charge is 0.307 e. The quantitative estimate of drug-likeness (QED) is 0.788. The fourth-order valence-corrected chi connectivity index (χ4v) is 1.66. The van der Waals surface area contributed by atoms with Crippen LogP contribution in [0.25, 0.3) is 10.9 Å². The van der Waals surface area contributed by atoms with Crippen LogP contribution in [0.5, 0.6) is 0 Å². The van der Waals surface area contributed by atoms with Gasteiger partial charge in [-0.25, -0.2) is 0 Å². The van der Waals surface area contributed by atoms with Crippen LogP contribution < -0.4 is 5.32 Å². The number of nitrogens with one attached hydrogen (secondary N) is 1. The fourth-order valence-electron chi connectivity index (χ4n) is 1.66. The molecular formula is C14H16N2. The number of para-hydroxylation sites is 1. The number of benzene rings is 1. The van der Waals surface area contributed by atoms with Crippen LogP contribution in [0.3, 0.4) is 0 Å². The Hall–Kier alpha value is -1.67. The molecule has 0 aliphatic rings. The molecule has 2 aromatic rings. The van der Waals surface area contributed by atoms with Gasteiger partial charge in [0, 0.05) is 24.2 Å². The summed E-state index contributed by atoms with van der Waals surface area (Å²) < 4.78 is 0. The third-order valence-corrected chi connectivity index (χ3v) is 2.68. The predicted molar refractivity (Wildman–Crippen MR) is 68.2 cm³/mol. The summed E-state index contributed by atoms with van der Waals surface area (Å²) in [5.74, 6) is 0. The monoisotopic (exact) mass is 212 g/mol. The third-order valence-electron chi connectivity index (χ3n) is 2.68. The van der Waals surface area contributed by atoms with Crippen LogP contribution in [0.4, 0.5) is 0 Å². The average Bonchev–Trinajstić information content (AvgIpc) is 2.35. The van der Waals surface area contributed by atoms with Crippen LogP contribution in [0.1, 0.15) is 12.5 Å². The van der Waals surface area contributed by atoms with E-state index in [4.69, 9.17) is 0 Å². The zero-order valence-corrected chi connectivity index (χ0v) is 9.48. The van der Waals surface area contributed by atoms with Gasteiger partial charge in [-0.1, -0.05) is 30.3 Å². The van der Waals surface area contributed by atoms with Crippen molar-refractivity contribution < 1.29 is 0 Å². The molecule has 0 fully saturated rings. The van der Waals surface area contributed by atoms with Crippen molar-refractivity contribution in [2.75, 3.05) is 0 Å². The van der Waals surface area contributed by atoms with Gasteiger partial charge in [-0.05, 0) is 18.6 Å². The molecule has 0 saturated heterocycles. The van der Waals surface area contributed by atoms with E-state index in [2.05, 4.69) is 48.1 Å². The molecule has 1 heterocycles. The van der Waals surface area contributed by atoms with Crippen LogP contribution >= 0.6 is 0 Å². The summed E-state index contributed by atoms with van der Waals surface area (Å²) in [6.45, 7) is 6.67. The highest BCUT2D eigenvalue weighted by atomic mass is 14.9. The van der Waals surface area contributed by atoms with Gasteiger partial charge in [0.05, 0.1) is 5.52 Å². The van der Waals surface area contributed by atoms with Gasteiger partial charge in [-0.2, -0.15) is 0 Å². The Balaban J connectivity index is 2.27. The van der Waals surface area contributed by atoms with Gasteiger partial charge in [0.25, 0.3) is 0 Å². The maximum Gasteiger partial charge on any atom is 0.0746 e. The molecule has 1 unspecified atom stereocenters. The second-order valence-electron chi connectivity index (χ2n) is 3.90. The summed E-state index contributed by atoms with van der Waals surface area (Å²) in [6, 6.07) is 10.6. The van der Waals surface area contributed by atoms with Gasteiger partial charge in [0.2, 0.25) is 0 Å². The van der Waals surface area contributed by atoms with Crippen LogP contribution in [-0.2, 0) is 6.54 Å². The van der Waals surface area contributed by atoms with Crippen molar-refractivity contribution in [3.05, 3.63) is 54.7 Å². The van der Waals surface area contributed by atoms with E-state index in [1.165, 1.54) is 10.9 Å². The summed E-state index contributed by atoms with van der Waals surface area (Å²) in [4.78, 5) is 4.42. The highest BCUT2D eigenvalue weighted by Gasteiger charge is 2.02. The van der Waals surface area contributed by atoms with Crippen LogP contribution in [0.15, 0.2) is 49.2 Å². The van der Waals surface area contributed by atoms with E-state index < -0.39 is 0 Å². The van der Waals surface area contributed by atoms with Crippen LogP contribution in [0.2, 0.25) is 0 Å². The van der Waals surface area contributed by atoms with Crippen molar-refractivity contribution in [2.24, 2.45) is 0 Å². The zero-order valence-electron chi connectivity index (χ0n) is 9.48. The molecular weight excluding hydrogens is 196 g/mol. The molecule has 82 valence electrons. The van der Waals surface area contributed by atoms with E-state index >= 15 is 0 Å². The molecule has 16 heavy (non-hydrogen) atoms. The second-order valence-corrected chi connectivity index (χ2v) is 3.90. The summed E-state index contributed by atoms with van der Waals surface area (Å²) in [6.07, 6.45) is 3.74. The summed E-state index contributed by atoms with van der Waals surface area (Å²) in [5.41, 5.74) is 2.31. The molecule has 1 aromatic heterocycles. The zero-order chi connectivity index (χ0) is 11.4. The standard InChI is InChI=1S/C14H16N2/c1-3-11(2)16-10-13-7-4-6-12-8-5-9-15-14(12)13/h3-9,11,16H,1,10H2,2H3. The normalized spacial score (nSPS) is 12.6. The molecule has 0 spiro atoms. The molecule has 0 aliphatic carbocycles. The number of aromatic nitrogens is 1. The van der Waals surface area contributed by atoms with Gasteiger partial charge >= 0.3 is 0 Å². The number of nitrogens with zero attached hydrogens (tertiary/aromatic N) is 1. The van der Waals surface area contributed by atoms with Gasteiger partial charge in [0.15, 0.2) is 0 Å². The molecule has 1 aromatic carbocycles. The first-order valence-electron chi connectivity index (χ1n) is 5.50. The average molecular weight is 212 g/mol. The Morgan fingerprint density at radius 3 is 3.00 bits per heavy atom. The van der Waals surface area contributed by atoms with Crippen molar-refractivity contribution in [1.29, 1.82) is 0 Å². The van der Waals surface area contributed by atoms with Crippen molar-refractivity contribution in [3.63, 3.8) is 0 Å². The smallest absolute Gasteiger partial charge is 0.0746 e. The van der Waals surface area contributed by atoms with Gasteiger partial charge in [0.1, 0.15) is 0 Å². The highest BCUT2D eigenvalue weighted by Crippen LogP contribution is 2.15. The number of rotatable bonds is 4. The molecule has 1 atom stereocenters. The van der Waals surface area contributed by atoms with Gasteiger partial charge in [-0.15, -0.1) is 6.58 Å². The molecule has 2 heteroatoms. The third kappa shape index (κ3) is 2.28. The van der Waals surface area contributed by atoms with Crippen molar-refractivity contribution >= 4 is 10.9 Å². The minimum Gasteiger partial charge on any atom is -0.307 e. The lowest BCUT2D eigenvalue weighted by atomic mass is 10.1. The van der Waals surface area contributed by atoms with Crippen LogP contribution in [-0.4, -0.2) is 11.0 Å². The van der Waals surface area contributed by atoms with E-state index in [0.717, 1.165) is 12.1 Å². The van der Waals surface area contributed by atoms with Crippen molar-refractivity contribution in [3.8, 4) is 0 Å². The summed E-state index contributed by atoms with van der Waals surface area (Å²) >= 11 is 0. The molecule has 1 N–H and O–H groups in total. The van der Waals surface area contributed by atoms with E-state index in [-0.39, 0.29) is 0 Å². The first-order chi connectivity index (χ1) is 7.81. The lowest BCUT2D eigenvalue weighted by molar-refractivity contribution is 0.636. The molecule has 2 nitrogen and oxygen atoms in total. The molecule has 2 rings (SSSR count). The first kappa shape index (κ1) is 10.8. The Kier molecular flexibility index (Phi) is 3.32. The lowest BCUT2D eigenvalue weighted by Crippen LogP contribution is -2.23. The molecule has 0 saturated carbocycles. The summed E-state index contributed by atoms with van der Waals surface area (Å²) in [7, 11) is 0. The van der Waals surface area contributed by atoms with E-state index in [1.807, 2.05) is 18.3 Å². The lowest BCUT2D eigenvalue weighted by Gasteiger charge is -2.10. The topological polar surface area (TPSA) is 24.9 Å². The van der Waals surface area contributed by atoms with E-state index in [0.29, 0.717) is 6.04 Å². The highest BCUT2D eigenvalue weighted by molar-refractivity contribution is 5.81. The van der Waals surface area contributed by atoms with Gasteiger partial charge in [-0.3, -0.25) is 4.98 Å². The maximum atomic E-state index is 4.42. The van der Waals surface area contributed by atoms with Crippen LogP contribution in [0, 0.1) is 0 Å². The van der Waals surface area contributed by atoms with E-state index in [9.17, 15) is 0 Å². The van der Waals surface area contributed by atoms with Gasteiger partial charge < -0.3 is 5.32 Å². The number of hydrogen-bond donors (Lipinski definition) is 1. The Morgan fingerprint density at radius 1 is 1.38 bits per heavy atom. The Bertz CT molecular complexity index is 486. The Labute approximate surface area is 96.0 Å². The number of pyridine rings is 1. The molecule has 0 amide bonds. The Morgan fingerprint density at radius 2 is 2.19 bits per heavy atom.